The number of hydrogen-bond acceptors (Lipinski definition) is 6. The highest BCUT2D eigenvalue weighted by Crippen LogP contribution is 2.35. The molecule has 5 nitrogen and oxygen atoms in total. The van der Waals surface area contributed by atoms with Crippen molar-refractivity contribution < 1.29 is 0 Å². The molecule has 6 heteroatoms. The minimum absolute atomic E-state index is 0.811. The van der Waals surface area contributed by atoms with Gasteiger partial charge in [-0.2, -0.15) is 10.2 Å². The zero-order chi connectivity index (χ0) is 25.2. The monoisotopic (exact) mass is 495 g/mol. The Labute approximate surface area is 218 Å². The summed E-state index contributed by atoms with van der Waals surface area (Å²) in [6.45, 7) is 8.51. The number of hydrogen-bond donors (Lipinski definition) is 0. The lowest BCUT2D eigenvalue weighted by Crippen LogP contribution is -2.21. The van der Waals surface area contributed by atoms with Gasteiger partial charge in [-0.15, -0.1) is 22.0 Å². The first-order valence-corrected chi connectivity index (χ1v) is 13.6. The lowest BCUT2D eigenvalue weighted by Gasteiger charge is -2.20. The molecule has 0 aliphatic carbocycles. The van der Waals surface area contributed by atoms with Crippen LogP contribution in [0.1, 0.15) is 33.6 Å². The first kappa shape index (κ1) is 25.6. The van der Waals surface area contributed by atoms with Crippen LogP contribution in [0.2, 0.25) is 0 Å². The van der Waals surface area contributed by atoms with E-state index < -0.39 is 0 Å². The molecule has 4 rings (SSSR count). The van der Waals surface area contributed by atoms with E-state index in [9.17, 15) is 0 Å². The van der Waals surface area contributed by atoms with E-state index in [1.54, 1.807) is 0 Å². The lowest BCUT2D eigenvalue weighted by atomic mass is 10.1. The fourth-order valence-electron chi connectivity index (χ4n) is 3.93. The van der Waals surface area contributed by atoms with Gasteiger partial charge in [0.15, 0.2) is 0 Å². The van der Waals surface area contributed by atoms with Gasteiger partial charge in [0.2, 0.25) is 0 Å². The summed E-state index contributed by atoms with van der Waals surface area (Å²) in [6.07, 6.45) is 2.45. The fraction of sp³-hybridized carbons (Fsp3) is 0.267. The average molecular weight is 496 g/mol. The fourth-order valence-corrected chi connectivity index (χ4v) is 4.92. The average Bonchev–Trinajstić information content (AvgIpc) is 2.93. The highest BCUT2D eigenvalue weighted by Gasteiger charge is 2.06. The summed E-state index contributed by atoms with van der Waals surface area (Å²) >= 11 is 1.88. The maximum Gasteiger partial charge on any atom is 0.0936 e. The van der Waals surface area contributed by atoms with E-state index >= 15 is 0 Å². The third-order valence-electron chi connectivity index (χ3n) is 6.01. The van der Waals surface area contributed by atoms with Crippen molar-refractivity contribution in [2.24, 2.45) is 20.5 Å². The van der Waals surface area contributed by atoms with E-state index in [1.807, 2.05) is 60.3 Å². The molecular formula is C30H33N5S. The van der Waals surface area contributed by atoms with Crippen LogP contribution < -0.4 is 4.90 Å². The number of unbranched alkanes of at least 4 members (excludes halogenated alkanes) is 1. The summed E-state index contributed by atoms with van der Waals surface area (Å²) in [5, 5.41) is 20.1. The molecule has 0 amide bonds. The standard InChI is InChI=1S/C30H33N5S/c1-4-7-22-36-26-18-14-24(15-19-26)32-34-30-21-20-29(27-10-8-9-11-28(27)30)33-31-23-12-16-25(17-13-23)35(5-2)6-3/h8-21H,4-7,22H2,1-3H3. The van der Waals surface area contributed by atoms with Crippen molar-refractivity contribution in [3.8, 4) is 0 Å². The maximum absolute atomic E-state index is 4.56. The molecule has 4 aromatic rings. The maximum atomic E-state index is 4.56. The summed E-state index contributed by atoms with van der Waals surface area (Å²) in [6, 6.07) is 28.5. The molecule has 0 atom stereocenters. The highest BCUT2D eigenvalue weighted by molar-refractivity contribution is 7.99. The molecule has 0 aliphatic rings. The molecule has 0 N–H and O–H groups in total. The van der Waals surface area contributed by atoms with Crippen molar-refractivity contribution in [2.45, 2.75) is 38.5 Å². The Morgan fingerprint density at radius 2 is 1.14 bits per heavy atom. The van der Waals surface area contributed by atoms with Crippen molar-refractivity contribution >= 4 is 51.0 Å². The Morgan fingerprint density at radius 1 is 0.611 bits per heavy atom. The molecule has 0 saturated carbocycles. The van der Waals surface area contributed by atoms with Gasteiger partial charge in [-0.1, -0.05) is 37.6 Å². The van der Waals surface area contributed by atoms with Gasteiger partial charge in [0.05, 0.1) is 22.7 Å². The third-order valence-corrected chi connectivity index (χ3v) is 7.10. The van der Waals surface area contributed by atoms with Crippen molar-refractivity contribution in [2.75, 3.05) is 23.7 Å². The predicted octanol–water partition coefficient (Wildman–Crippen LogP) is 10.4. The molecule has 0 saturated heterocycles. The molecule has 0 spiro atoms. The van der Waals surface area contributed by atoms with Gasteiger partial charge in [-0.3, -0.25) is 0 Å². The van der Waals surface area contributed by atoms with Crippen LogP contribution in [0.3, 0.4) is 0 Å². The van der Waals surface area contributed by atoms with Crippen LogP contribution in [0, 0.1) is 0 Å². The normalized spacial score (nSPS) is 11.6. The molecule has 0 fully saturated rings. The summed E-state index contributed by atoms with van der Waals surface area (Å²) in [5.41, 5.74) is 4.50. The number of azo groups is 2. The Balaban J connectivity index is 1.51. The molecule has 0 unspecified atom stereocenters. The number of benzene rings is 4. The Bertz CT molecular complexity index is 1310. The van der Waals surface area contributed by atoms with Crippen LogP contribution in [0.25, 0.3) is 10.8 Å². The Hall–Kier alpha value is -3.51. The van der Waals surface area contributed by atoms with Crippen LogP contribution >= 0.6 is 11.8 Å². The second kappa shape index (κ2) is 13.0. The molecule has 184 valence electrons. The van der Waals surface area contributed by atoms with Crippen LogP contribution in [0.4, 0.5) is 28.4 Å². The summed E-state index contributed by atoms with van der Waals surface area (Å²) in [4.78, 5) is 3.58. The van der Waals surface area contributed by atoms with Crippen LogP contribution in [-0.2, 0) is 0 Å². The predicted molar refractivity (Wildman–Crippen MR) is 154 cm³/mol. The molecule has 4 aromatic carbocycles. The number of rotatable bonds is 11. The van der Waals surface area contributed by atoms with Crippen molar-refractivity contribution in [1.29, 1.82) is 0 Å². The summed E-state index contributed by atoms with van der Waals surface area (Å²) in [5.74, 6) is 1.15. The summed E-state index contributed by atoms with van der Waals surface area (Å²) in [7, 11) is 0. The smallest absolute Gasteiger partial charge is 0.0936 e. The van der Waals surface area contributed by atoms with E-state index in [2.05, 4.69) is 82.5 Å². The molecular weight excluding hydrogens is 462 g/mol. The van der Waals surface area contributed by atoms with Gasteiger partial charge in [-0.25, -0.2) is 0 Å². The number of nitrogens with zero attached hydrogens (tertiary/aromatic N) is 5. The molecule has 0 heterocycles. The van der Waals surface area contributed by atoms with Crippen LogP contribution in [0.15, 0.2) is 110 Å². The topological polar surface area (TPSA) is 52.7 Å². The van der Waals surface area contributed by atoms with Gasteiger partial charge in [-0.05, 0) is 86.7 Å². The summed E-state index contributed by atoms with van der Waals surface area (Å²) < 4.78 is 0. The van der Waals surface area contributed by atoms with Gasteiger partial charge in [0.1, 0.15) is 0 Å². The van der Waals surface area contributed by atoms with Crippen LogP contribution in [0.5, 0.6) is 0 Å². The van der Waals surface area contributed by atoms with E-state index in [4.69, 9.17) is 0 Å². The minimum Gasteiger partial charge on any atom is -0.372 e. The Kier molecular flexibility index (Phi) is 9.22. The van der Waals surface area contributed by atoms with E-state index in [1.165, 1.54) is 23.4 Å². The Morgan fingerprint density at radius 3 is 1.64 bits per heavy atom. The number of anilines is 1. The van der Waals surface area contributed by atoms with Gasteiger partial charge < -0.3 is 4.90 Å². The largest absolute Gasteiger partial charge is 0.372 e. The zero-order valence-electron chi connectivity index (χ0n) is 21.3. The molecule has 0 radical (unpaired) electrons. The quantitative estimate of drug-likeness (QED) is 0.118. The third kappa shape index (κ3) is 6.58. The minimum atomic E-state index is 0.811. The second-order valence-electron chi connectivity index (χ2n) is 8.43. The van der Waals surface area contributed by atoms with E-state index in [-0.39, 0.29) is 0 Å². The zero-order valence-corrected chi connectivity index (χ0v) is 22.1. The van der Waals surface area contributed by atoms with Gasteiger partial charge >= 0.3 is 0 Å². The molecule has 36 heavy (non-hydrogen) atoms. The van der Waals surface area contributed by atoms with Crippen LogP contribution in [-0.4, -0.2) is 18.8 Å². The number of fused-ring (bicyclic) bond motifs is 1. The van der Waals surface area contributed by atoms with Gasteiger partial charge in [0, 0.05) is 34.4 Å². The second-order valence-corrected chi connectivity index (χ2v) is 9.60. The van der Waals surface area contributed by atoms with E-state index in [0.29, 0.717) is 0 Å². The molecule has 0 aromatic heterocycles. The van der Waals surface area contributed by atoms with E-state index in [0.717, 1.165) is 52.4 Å². The lowest BCUT2D eigenvalue weighted by molar-refractivity contribution is 0.866. The molecule has 0 bridgehead atoms. The van der Waals surface area contributed by atoms with Crippen molar-refractivity contribution in [1.82, 2.24) is 0 Å². The first-order valence-electron chi connectivity index (χ1n) is 12.6. The van der Waals surface area contributed by atoms with Crippen molar-refractivity contribution in [3.63, 3.8) is 0 Å². The van der Waals surface area contributed by atoms with Gasteiger partial charge in [0.25, 0.3) is 0 Å². The molecule has 0 aliphatic heterocycles. The SMILES string of the molecule is CCCCSc1ccc(N=Nc2ccc(N=Nc3ccc(N(CC)CC)cc3)c3ccccc23)cc1. The highest BCUT2D eigenvalue weighted by atomic mass is 32.2. The first-order chi connectivity index (χ1) is 17.7. The number of thioether (sulfide) groups is 1. The van der Waals surface area contributed by atoms with Crippen molar-refractivity contribution in [3.05, 3.63) is 84.9 Å².